The van der Waals surface area contributed by atoms with E-state index < -0.39 is 0 Å². The van der Waals surface area contributed by atoms with Gasteiger partial charge in [0.25, 0.3) is 0 Å². The molecule has 0 aromatic carbocycles. The highest BCUT2D eigenvalue weighted by Gasteiger charge is 2.29. The van der Waals surface area contributed by atoms with Crippen LogP contribution in [0.1, 0.15) is 43.4 Å². The summed E-state index contributed by atoms with van der Waals surface area (Å²) in [5.74, 6) is 1.56. The molecule has 1 saturated carbocycles. The first kappa shape index (κ1) is 13.8. The minimum absolute atomic E-state index is 0.736. The van der Waals surface area contributed by atoms with Gasteiger partial charge in [0.2, 0.25) is 0 Å². The average Bonchev–Trinajstić information content (AvgIpc) is 2.93. The van der Waals surface area contributed by atoms with Gasteiger partial charge in [-0.1, -0.05) is 25.3 Å². The van der Waals surface area contributed by atoms with Gasteiger partial charge in [0.1, 0.15) is 5.82 Å². The zero-order chi connectivity index (χ0) is 14.9. The molecule has 0 unspecified atom stereocenters. The molecule has 0 spiro atoms. The molecule has 0 bridgehead atoms. The molecular weight excluding hydrogens is 274 g/mol. The second-order valence-electron chi connectivity index (χ2n) is 6.42. The first-order valence-corrected chi connectivity index (χ1v) is 8.34. The van der Waals surface area contributed by atoms with Gasteiger partial charge >= 0.3 is 0 Å². The molecule has 116 valence electrons. The van der Waals surface area contributed by atoms with E-state index in [0.717, 1.165) is 42.9 Å². The standard InChI is InChI=1S/C17H23N5/c18-17-14-12-21(13-6-2-1-3-7-13)11-9-15(14)20-22(17)16-8-4-5-10-19-16/h4-5,8,10,13H,1-3,6-7,9,11-12,18H2. The van der Waals surface area contributed by atoms with Crippen LogP contribution >= 0.6 is 0 Å². The maximum atomic E-state index is 6.38. The van der Waals surface area contributed by atoms with E-state index in [1.54, 1.807) is 10.9 Å². The Morgan fingerprint density at radius 2 is 2.00 bits per heavy atom. The summed E-state index contributed by atoms with van der Waals surface area (Å²) in [6.07, 6.45) is 9.59. The number of nitrogen functional groups attached to an aromatic ring is 1. The molecule has 22 heavy (non-hydrogen) atoms. The largest absolute Gasteiger partial charge is 0.383 e. The summed E-state index contributed by atoms with van der Waals surface area (Å²) in [7, 11) is 0. The zero-order valence-electron chi connectivity index (χ0n) is 12.9. The summed E-state index contributed by atoms with van der Waals surface area (Å²) in [4.78, 5) is 6.98. The van der Waals surface area contributed by atoms with Crippen molar-refractivity contribution in [3.8, 4) is 5.82 Å². The highest BCUT2D eigenvalue weighted by molar-refractivity contribution is 5.49. The van der Waals surface area contributed by atoms with Crippen LogP contribution in [0.15, 0.2) is 24.4 Å². The van der Waals surface area contributed by atoms with Crippen molar-refractivity contribution in [2.45, 2.75) is 51.1 Å². The van der Waals surface area contributed by atoms with Crippen LogP contribution in [0.5, 0.6) is 0 Å². The molecule has 1 aliphatic carbocycles. The van der Waals surface area contributed by atoms with Gasteiger partial charge in [0, 0.05) is 37.3 Å². The van der Waals surface area contributed by atoms with E-state index in [4.69, 9.17) is 10.8 Å². The summed E-state index contributed by atoms with van der Waals surface area (Å²) in [5, 5.41) is 4.70. The number of hydrogen-bond acceptors (Lipinski definition) is 4. The van der Waals surface area contributed by atoms with Crippen LogP contribution in [0.4, 0.5) is 5.82 Å². The summed E-state index contributed by atoms with van der Waals surface area (Å²) in [6, 6.07) is 6.57. The van der Waals surface area contributed by atoms with Crippen LogP contribution in [0, 0.1) is 0 Å². The van der Waals surface area contributed by atoms with E-state index in [2.05, 4.69) is 9.88 Å². The molecule has 2 aromatic heterocycles. The first-order valence-electron chi connectivity index (χ1n) is 8.34. The van der Waals surface area contributed by atoms with Crippen molar-refractivity contribution in [2.24, 2.45) is 0 Å². The van der Waals surface area contributed by atoms with Gasteiger partial charge in [0.15, 0.2) is 5.82 Å². The van der Waals surface area contributed by atoms with E-state index in [1.165, 1.54) is 37.7 Å². The Morgan fingerprint density at radius 3 is 2.77 bits per heavy atom. The molecule has 5 heteroatoms. The van der Waals surface area contributed by atoms with Crippen molar-refractivity contribution in [3.05, 3.63) is 35.7 Å². The lowest BCUT2D eigenvalue weighted by molar-refractivity contribution is 0.141. The van der Waals surface area contributed by atoms with Crippen LogP contribution in [0.3, 0.4) is 0 Å². The predicted molar refractivity (Wildman–Crippen MR) is 86.8 cm³/mol. The molecule has 2 aromatic rings. The van der Waals surface area contributed by atoms with Crippen LogP contribution in [-0.2, 0) is 13.0 Å². The summed E-state index contributed by atoms with van der Waals surface area (Å²) >= 11 is 0. The van der Waals surface area contributed by atoms with Crippen molar-refractivity contribution in [3.63, 3.8) is 0 Å². The third-order valence-electron chi connectivity index (χ3n) is 5.06. The molecular formula is C17H23N5. The third-order valence-corrected chi connectivity index (χ3v) is 5.06. The lowest BCUT2D eigenvalue weighted by Gasteiger charge is -2.36. The van der Waals surface area contributed by atoms with Crippen molar-refractivity contribution in [2.75, 3.05) is 12.3 Å². The zero-order valence-corrected chi connectivity index (χ0v) is 12.9. The van der Waals surface area contributed by atoms with Crippen molar-refractivity contribution < 1.29 is 0 Å². The minimum Gasteiger partial charge on any atom is -0.383 e. The molecule has 2 aliphatic rings. The van der Waals surface area contributed by atoms with Gasteiger partial charge in [-0.3, -0.25) is 4.90 Å². The number of rotatable bonds is 2. The van der Waals surface area contributed by atoms with Crippen molar-refractivity contribution in [1.29, 1.82) is 0 Å². The number of nitrogens with two attached hydrogens (primary N) is 1. The highest BCUT2D eigenvalue weighted by atomic mass is 15.4. The molecule has 5 nitrogen and oxygen atoms in total. The van der Waals surface area contributed by atoms with Gasteiger partial charge in [-0.05, 0) is 25.0 Å². The van der Waals surface area contributed by atoms with E-state index in [-0.39, 0.29) is 0 Å². The fourth-order valence-electron chi connectivity index (χ4n) is 3.83. The van der Waals surface area contributed by atoms with Crippen molar-refractivity contribution >= 4 is 5.82 Å². The van der Waals surface area contributed by atoms with Crippen molar-refractivity contribution in [1.82, 2.24) is 19.7 Å². The van der Waals surface area contributed by atoms with Gasteiger partial charge in [-0.15, -0.1) is 0 Å². The fraction of sp³-hybridized carbons (Fsp3) is 0.529. The minimum atomic E-state index is 0.736. The van der Waals surface area contributed by atoms with Crippen LogP contribution in [0.25, 0.3) is 5.82 Å². The lowest BCUT2D eigenvalue weighted by atomic mass is 9.92. The molecule has 0 atom stereocenters. The number of anilines is 1. The topological polar surface area (TPSA) is 60.0 Å². The Hall–Kier alpha value is -1.88. The molecule has 1 aliphatic heterocycles. The molecule has 2 N–H and O–H groups in total. The normalized spacial score (nSPS) is 20.0. The quantitative estimate of drug-likeness (QED) is 0.925. The first-order chi connectivity index (χ1) is 10.8. The summed E-state index contributed by atoms with van der Waals surface area (Å²) in [6.45, 7) is 2.05. The second-order valence-corrected chi connectivity index (χ2v) is 6.42. The van der Waals surface area contributed by atoms with Crippen LogP contribution in [0.2, 0.25) is 0 Å². The molecule has 1 fully saturated rings. The SMILES string of the molecule is Nc1c2c(nn1-c1ccccn1)CCN(C1CCCCC1)C2. The summed E-state index contributed by atoms with van der Waals surface area (Å²) in [5.41, 5.74) is 8.74. The number of fused-ring (bicyclic) bond motifs is 1. The molecule has 3 heterocycles. The maximum Gasteiger partial charge on any atom is 0.155 e. The number of aromatic nitrogens is 3. The van der Waals surface area contributed by atoms with Gasteiger partial charge in [-0.25, -0.2) is 4.98 Å². The Bertz CT molecular complexity index is 643. The van der Waals surface area contributed by atoms with Crippen LogP contribution < -0.4 is 5.73 Å². The maximum absolute atomic E-state index is 6.38. The summed E-state index contributed by atoms with van der Waals surface area (Å²) < 4.78 is 1.80. The molecule has 0 saturated heterocycles. The number of nitrogens with zero attached hydrogens (tertiary/aromatic N) is 4. The molecule has 0 radical (unpaired) electrons. The third kappa shape index (κ3) is 2.39. The second kappa shape index (κ2) is 5.72. The number of hydrogen-bond donors (Lipinski definition) is 1. The molecule has 4 rings (SSSR count). The fourth-order valence-corrected chi connectivity index (χ4v) is 3.83. The predicted octanol–water partition coefficient (Wildman–Crippen LogP) is 2.54. The lowest BCUT2D eigenvalue weighted by Crippen LogP contribution is -2.40. The smallest absolute Gasteiger partial charge is 0.155 e. The highest BCUT2D eigenvalue weighted by Crippen LogP contribution is 2.30. The number of pyridine rings is 1. The van der Waals surface area contributed by atoms with Gasteiger partial charge in [0.05, 0.1) is 5.69 Å². The monoisotopic (exact) mass is 297 g/mol. The Balaban J connectivity index is 1.61. The van der Waals surface area contributed by atoms with Crippen LogP contribution in [-0.4, -0.2) is 32.3 Å². The van der Waals surface area contributed by atoms with Gasteiger partial charge < -0.3 is 5.73 Å². The molecule has 0 amide bonds. The van der Waals surface area contributed by atoms with E-state index in [0.29, 0.717) is 0 Å². The van der Waals surface area contributed by atoms with E-state index >= 15 is 0 Å². The van der Waals surface area contributed by atoms with Gasteiger partial charge in [-0.2, -0.15) is 9.78 Å². The average molecular weight is 297 g/mol. The Morgan fingerprint density at radius 1 is 1.14 bits per heavy atom. The van der Waals surface area contributed by atoms with E-state index in [1.807, 2.05) is 18.2 Å². The van der Waals surface area contributed by atoms with E-state index in [9.17, 15) is 0 Å². The Kier molecular flexibility index (Phi) is 3.58. The Labute approximate surface area is 131 Å².